The monoisotopic (exact) mass is 613 g/mol. The summed E-state index contributed by atoms with van der Waals surface area (Å²) in [5.74, 6) is 0. The summed E-state index contributed by atoms with van der Waals surface area (Å²) in [6.07, 6.45) is 0. The molecule has 0 radical (unpaired) electrons. The number of benzene rings is 6. The maximum absolute atomic E-state index is 6.38. The fourth-order valence-electron chi connectivity index (χ4n) is 6.30. The third-order valence-corrected chi connectivity index (χ3v) is 19.8. The summed E-state index contributed by atoms with van der Waals surface area (Å²) >= 11 is 12.8. The molecule has 0 aliphatic heterocycles. The molecule has 0 aromatic heterocycles. The van der Waals surface area contributed by atoms with E-state index in [1.54, 1.807) is 0 Å². The van der Waals surface area contributed by atoms with Crippen LogP contribution in [0.2, 0.25) is 0 Å². The van der Waals surface area contributed by atoms with Crippen molar-refractivity contribution in [1.29, 1.82) is 0 Å². The molecule has 0 heterocycles. The van der Waals surface area contributed by atoms with Crippen molar-refractivity contribution in [1.82, 2.24) is 0 Å². The van der Waals surface area contributed by atoms with Gasteiger partial charge in [-0.1, -0.05) is 113 Å². The summed E-state index contributed by atoms with van der Waals surface area (Å²) in [7, 11) is -5.07. The van der Waals surface area contributed by atoms with E-state index in [0.717, 1.165) is 0 Å². The van der Waals surface area contributed by atoms with E-state index in [1.807, 2.05) is 0 Å². The van der Waals surface area contributed by atoms with E-state index in [0.29, 0.717) is 4.20 Å². The van der Waals surface area contributed by atoms with Crippen LogP contribution < -0.4 is 31.8 Å². The Hall–Kier alpha value is -3.51. The van der Waals surface area contributed by atoms with Crippen LogP contribution in [0.4, 0.5) is 0 Å². The SMILES string of the molecule is S=C([S-])C([P+](c1ccccc1)(c1ccccc1)c1ccccc1)[P+](c1ccccc1)(c1ccccc1)c1ccccc1. The number of hydrogen-bond acceptors (Lipinski definition) is 2. The first-order chi connectivity index (χ1) is 20.7. The standard InChI is InChI=1S/C38H31P2S2/c41-38(42)37(39(31-19-7-1-8-20-31,32-21-9-2-10-22-32)33-23-11-3-12-24-33)40(34-25-13-4-14-26-34,35-27-15-5-16-28-35)36-29-17-6-18-30-36/h1-30,37H/q+1. The first-order valence-electron chi connectivity index (χ1n) is 14.0. The highest BCUT2D eigenvalue weighted by Gasteiger charge is 2.67. The molecule has 6 aromatic rings. The summed E-state index contributed by atoms with van der Waals surface area (Å²) in [5.41, 5.74) is 0. The molecule has 42 heavy (non-hydrogen) atoms. The molecule has 6 rings (SSSR count). The van der Waals surface area contributed by atoms with Gasteiger partial charge in [-0.25, -0.2) is 0 Å². The predicted molar refractivity (Wildman–Crippen MR) is 194 cm³/mol. The maximum atomic E-state index is 6.38. The zero-order valence-corrected chi connectivity index (χ0v) is 26.5. The van der Waals surface area contributed by atoms with Gasteiger partial charge in [-0.3, -0.25) is 0 Å². The van der Waals surface area contributed by atoms with Gasteiger partial charge in [0.15, 0.2) is 14.5 Å². The second-order valence-corrected chi connectivity index (χ2v) is 18.7. The minimum Gasteiger partial charge on any atom is -0.425 e. The van der Waals surface area contributed by atoms with E-state index in [4.69, 9.17) is 24.8 Å². The van der Waals surface area contributed by atoms with E-state index in [1.165, 1.54) is 31.8 Å². The van der Waals surface area contributed by atoms with Crippen molar-refractivity contribution in [2.24, 2.45) is 0 Å². The van der Waals surface area contributed by atoms with Crippen molar-refractivity contribution in [3.05, 3.63) is 182 Å². The smallest absolute Gasteiger partial charge is 0.204 e. The Morgan fingerprint density at radius 3 is 0.667 bits per heavy atom. The van der Waals surface area contributed by atoms with E-state index >= 15 is 0 Å². The number of hydrogen-bond donors (Lipinski definition) is 0. The highest BCUT2D eigenvalue weighted by atomic mass is 32.1. The molecule has 0 aliphatic carbocycles. The van der Waals surface area contributed by atoms with Gasteiger partial charge in [0.05, 0.1) is 0 Å². The van der Waals surface area contributed by atoms with Crippen molar-refractivity contribution >= 4 is 75.4 Å². The molecule has 0 bridgehead atoms. The van der Waals surface area contributed by atoms with Crippen molar-refractivity contribution in [2.45, 2.75) is 5.40 Å². The van der Waals surface area contributed by atoms with Crippen LogP contribution in [0, 0.1) is 0 Å². The lowest BCUT2D eigenvalue weighted by atomic mass is 10.3. The molecule has 0 nitrogen and oxygen atoms in total. The van der Waals surface area contributed by atoms with Gasteiger partial charge >= 0.3 is 0 Å². The van der Waals surface area contributed by atoms with E-state index < -0.39 is 14.5 Å². The second kappa shape index (κ2) is 12.8. The van der Waals surface area contributed by atoms with E-state index in [2.05, 4.69) is 182 Å². The molecular formula is C38H31P2S2+. The molecule has 0 N–H and O–H groups in total. The Kier molecular flexibility index (Phi) is 8.71. The molecule has 0 aliphatic rings. The maximum Gasteiger partial charge on any atom is 0.204 e. The summed E-state index contributed by atoms with van der Waals surface area (Å²) < 4.78 is 0.629. The van der Waals surface area contributed by atoms with Gasteiger partial charge in [-0.15, -0.1) is 0 Å². The van der Waals surface area contributed by atoms with Crippen LogP contribution in [-0.4, -0.2) is 9.60 Å². The average molecular weight is 614 g/mol. The fourth-order valence-corrected chi connectivity index (χ4v) is 20.6. The van der Waals surface area contributed by atoms with Gasteiger partial charge in [-0.2, -0.15) is 0 Å². The Bertz CT molecular complexity index is 1410. The van der Waals surface area contributed by atoms with Crippen LogP contribution in [0.1, 0.15) is 0 Å². The third-order valence-electron chi connectivity index (χ3n) is 7.93. The van der Waals surface area contributed by atoms with Crippen molar-refractivity contribution in [3.63, 3.8) is 0 Å². The molecule has 0 spiro atoms. The molecule has 4 heteroatoms. The summed E-state index contributed by atoms with van der Waals surface area (Å²) in [5, 5.41) is 7.55. The lowest BCUT2D eigenvalue weighted by molar-refractivity contribution is 1.63. The van der Waals surface area contributed by atoms with Gasteiger partial charge in [0.1, 0.15) is 31.8 Å². The van der Waals surface area contributed by atoms with Gasteiger partial charge in [-0.05, 0) is 72.8 Å². The van der Waals surface area contributed by atoms with E-state index in [9.17, 15) is 0 Å². The molecule has 0 unspecified atom stereocenters. The average Bonchev–Trinajstić information content (AvgIpc) is 3.07. The van der Waals surface area contributed by atoms with Crippen LogP contribution in [0.25, 0.3) is 0 Å². The van der Waals surface area contributed by atoms with Crippen LogP contribution >= 0.6 is 26.7 Å². The molecular weight excluding hydrogens is 583 g/mol. The molecule has 6 aromatic carbocycles. The summed E-state index contributed by atoms with van der Waals surface area (Å²) in [6, 6.07) is 66.1. The third kappa shape index (κ3) is 4.94. The fraction of sp³-hybridized carbons (Fsp3) is 0.0263. The van der Waals surface area contributed by atoms with Crippen LogP contribution in [0.3, 0.4) is 0 Å². The first-order valence-corrected chi connectivity index (χ1v) is 18.6. The normalized spacial score (nSPS) is 11.7. The Morgan fingerprint density at radius 1 is 0.357 bits per heavy atom. The molecule has 0 saturated heterocycles. The Balaban J connectivity index is 1.88. The Labute approximate surface area is 261 Å². The highest BCUT2D eigenvalue weighted by molar-refractivity contribution is 8.16. The number of thiocarbonyl (C=S) groups is 1. The second-order valence-electron chi connectivity index (χ2n) is 10.2. The highest BCUT2D eigenvalue weighted by Crippen LogP contribution is 2.77. The van der Waals surface area contributed by atoms with Gasteiger partial charge < -0.3 is 24.8 Å². The largest absolute Gasteiger partial charge is 0.425 e. The lowest BCUT2D eigenvalue weighted by Gasteiger charge is -2.43. The van der Waals surface area contributed by atoms with Crippen molar-refractivity contribution < 1.29 is 0 Å². The summed E-state index contributed by atoms with van der Waals surface area (Å²) in [4.78, 5) is 0. The minimum atomic E-state index is -2.53. The molecule has 0 fully saturated rings. The van der Waals surface area contributed by atoms with Crippen molar-refractivity contribution in [3.8, 4) is 0 Å². The quantitative estimate of drug-likeness (QED) is 0.0964. The minimum absolute atomic E-state index is 0.158. The van der Waals surface area contributed by atoms with Gasteiger partial charge in [0.2, 0.25) is 5.40 Å². The molecule has 0 atom stereocenters. The lowest BCUT2D eigenvalue weighted by Crippen LogP contribution is -2.49. The Morgan fingerprint density at radius 2 is 0.524 bits per heavy atom. The number of rotatable bonds is 9. The zero-order valence-electron chi connectivity index (χ0n) is 23.1. The predicted octanol–water partition coefficient (Wildman–Crippen LogP) is 7.18. The molecule has 0 saturated carbocycles. The molecule has 0 amide bonds. The van der Waals surface area contributed by atoms with Gasteiger partial charge in [0.25, 0.3) is 0 Å². The van der Waals surface area contributed by atoms with Crippen LogP contribution in [0.15, 0.2) is 182 Å². The van der Waals surface area contributed by atoms with E-state index in [-0.39, 0.29) is 5.40 Å². The van der Waals surface area contributed by atoms with Crippen molar-refractivity contribution in [2.75, 3.05) is 0 Å². The topological polar surface area (TPSA) is 0 Å². The van der Waals surface area contributed by atoms with Gasteiger partial charge in [0, 0.05) is 0 Å². The summed E-state index contributed by atoms with van der Waals surface area (Å²) in [6.45, 7) is 0. The zero-order chi connectivity index (χ0) is 28.8. The first kappa shape index (κ1) is 28.6. The van der Waals surface area contributed by atoms with Crippen LogP contribution in [-0.2, 0) is 12.6 Å². The molecule has 204 valence electrons. The van der Waals surface area contributed by atoms with Crippen LogP contribution in [0.5, 0.6) is 0 Å².